The Bertz CT molecular complexity index is 939. The van der Waals surface area contributed by atoms with E-state index >= 15 is 0 Å². The third kappa shape index (κ3) is 5.43. The highest BCUT2D eigenvalue weighted by Gasteiger charge is 2.27. The third-order valence-electron chi connectivity index (χ3n) is 4.77. The maximum Gasteiger partial charge on any atom is 0.414 e. The molecule has 30 heavy (non-hydrogen) atoms. The minimum atomic E-state index is -0.780. The Morgan fingerprint density at radius 3 is 2.67 bits per heavy atom. The van der Waals surface area contributed by atoms with Crippen LogP contribution in [0.2, 0.25) is 0 Å². The van der Waals surface area contributed by atoms with E-state index in [1.54, 1.807) is 24.8 Å². The van der Waals surface area contributed by atoms with Crippen molar-refractivity contribution in [3.8, 4) is 0 Å². The van der Waals surface area contributed by atoms with Crippen molar-refractivity contribution in [3.05, 3.63) is 45.8 Å². The minimum absolute atomic E-state index is 0.177. The van der Waals surface area contributed by atoms with E-state index in [9.17, 15) is 14.4 Å². The Labute approximate surface area is 184 Å². The van der Waals surface area contributed by atoms with Gasteiger partial charge in [0.05, 0.1) is 12.2 Å². The van der Waals surface area contributed by atoms with E-state index in [2.05, 4.69) is 17.6 Å². The van der Waals surface area contributed by atoms with Crippen LogP contribution in [0.15, 0.2) is 29.2 Å². The molecule has 0 saturated carbocycles. The van der Waals surface area contributed by atoms with Crippen molar-refractivity contribution in [1.29, 1.82) is 0 Å². The van der Waals surface area contributed by atoms with Gasteiger partial charge < -0.3 is 10.1 Å². The number of benzene rings is 1. The summed E-state index contributed by atoms with van der Waals surface area (Å²) < 4.78 is 4.85. The fourth-order valence-electron chi connectivity index (χ4n) is 3.46. The third-order valence-corrected chi connectivity index (χ3v) is 6.86. The molecule has 1 heterocycles. The largest absolute Gasteiger partial charge is 0.450 e. The van der Waals surface area contributed by atoms with Crippen LogP contribution in [-0.4, -0.2) is 30.3 Å². The zero-order valence-electron chi connectivity index (χ0n) is 17.2. The van der Waals surface area contributed by atoms with E-state index in [-0.39, 0.29) is 12.5 Å². The maximum atomic E-state index is 12.9. The number of hydrogen-bond acceptors (Lipinski definition) is 6. The highest BCUT2D eigenvalue weighted by Crippen LogP contribution is 2.38. The zero-order chi connectivity index (χ0) is 21.5. The zero-order valence-corrected chi connectivity index (χ0v) is 18.8. The second-order valence-corrected chi connectivity index (χ2v) is 9.30. The normalized spacial score (nSPS) is 13.1. The van der Waals surface area contributed by atoms with Gasteiger partial charge in [0.1, 0.15) is 5.00 Å². The summed E-state index contributed by atoms with van der Waals surface area (Å²) in [5, 5.41) is 5.69. The summed E-state index contributed by atoms with van der Waals surface area (Å²) in [4.78, 5) is 39.7. The number of carbonyl (C=O) groups is 3. The summed E-state index contributed by atoms with van der Waals surface area (Å²) in [5.41, 5.74) is 1.86. The van der Waals surface area contributed by atoms with Crippen molar-refractivity contribution in [2.75, 3.05) is 17.7 Å². The van der Waals surface area contributed by atoms with Crippen molar-refractivity contribution in [3.63, 3.8) is 0 Å². The van der Waals surface area contributed by atoms with Crippen LogP contribution >= 0.6 is 23.1 Å². The Kier molecular flexibility index (Phi) is 7.93. The van der Waals surface area contributed by atoms with Crippen LogP contribution in [0.5, 0.6) is 0 Å². The van der Waals surface area contributed by atoms with Gasteiger partial charge in [0.2, 0.25) is 0 Å². The fraction of sp³-hybridized carbons (Fsp3) is 0.409. The van der Waals surface area contributed by atoms with E-state index in [1.807, 2.05) is 18.2 Å². The number of carbonyl (C=O) groups excluding carboxylic acids is 3. The number of nitrogens with one attached hydrogen (secondary N) is 2. The van der Waals surface area contributed by atoms with Crippen LogP contribution in [0.25, 0.3) is 0 Å². The van der Waals surface area contributed by atoms with Gasteiger partial charge in [0, 0.05) is 15.3 Å². The monoisotopic (exact) mass is 446 g/mol. The topological polar surface area (TPSA) is 84.5 Å². The Morgan fingerprint density at radius 1 is 1.10 bits per heavy atom. The highest BCUT2D eigenvalue weighted by molar-refractivity contribution is 7.99. The molecule has 0 spiro atoms. The Hall–Kier alpha value is -2.32. The van der Waals surface area contributed by atoms with Crippen molar-refractivity contribution >= 4 is 46.0 Å². The number of thiophene rings is 1. The number of hydrogen-bond donors (Lipinski definition) is 2. The van der Waals surface area contributed by atoms with Gasteiger partial charge in [0.15, 0.2) is 0 Å². The highest BCUT2D eigenvalue weighted by atomic mass is 32.2. The predicted octanol–water partition coefficient (Wildman–Crippen LogP) is 5.27. The first kappa shape index (κ1) is 22.4. The van der Waals surface area contributed by atoms with E-state index in [0.29, 0.717) is 16.1 Å². The number of fused-ring (bicyclic) bond motifs is 1. The molecule has 2 N–H and O–H groups in total. The molecule has 2 aromatic rings. The lowest BCUT2D eigenvalue weighted by Gasteiger charge is -2.10. The molecule has 1 aromatic carbocycles. The Morgan fingerprint density at radius 2 is 1.90 bits per heavy atom. The number of rotatable bonds is 6. The van der Waals surface area contributed by atoms with Gasteiger partial charge in [-0.25, -0.2) is 4.79 Å². The number of ether oxygens (including phenoxy) is 1. The van der Waals surface area contributed by atoms with Crippen LogP contribution in [0.1, 0.15) is 64.3 Å². The van der Waals surface area contributed by atoms with Crippen molar-refractivity contribution in [1.82, 2.24) is 5.32 Å². The lowest BCUT2D eigenvalue weighted by atomic mass is 10.0. The van der Waals surface area contributed by atoms with Crippen molar-refractivity contribution in [2.24, 2.45) is 0 Å². The first-order chi connectivity index (χ1) is 14.5. The molecule has 6 nitrogen and oxygen atoms in total. The van der Waals surface area contributed by atoms with Gasteiger partial charge in [-0.15, -0.1) is 23.1 Å². The van der Waals surface area contributed by atoms with Gasteiger partial charge in [0.25, 0.3) is 11.8 Å². The van der Waals surface area contributed by atoms with Gasteiger partial charge >= 0.3 is 6.09 Å². The summed E-state index contributed by atoms with van der Waals surface area (Å²) in [7, 11) is 0. The summed E-state index contributed by atoms with van der Waals surface area (Å²) in [6, 6.07) is 7.42. The quantitative estimate of drug-likeness (QED) is 0.467. The number of aryl methyl sites for hydroxylation is 1. The van der Waals surface area contributed by atoms with Crippen LogP contribution in [0.4, 0.5) is 9.80 Å². The molecular formula is C22H26N2O4S2. The van der Waals surface area contributed by atoms with Crippen molar-refractivity contribution < 1.29 is 19.1 Å². The van der Waals surface area contributed by atoms with Crippen LogP contribution in [0.3, 0.4) is 0 Å². The summed E-state index contributed by atoms with van der Waals surface area (Å²) in [6.45, 7) is 3.92. The van der Waals surface area contributed by atoms with E-state index in [0.717, 1.165) is 53.2 Å². The number of alkyl carbamates (subject to hydrolysis) is 1. The lowest BCUT2D eigenvalue weighted by Crippen LogP contribution is -2.32. The molecule has 1 aliphatic rings. The molecule has 0 atom stereocenters. The second kappa shape index (κ2) is 10.6. The molecule has 0 aliphatic heterocycles. The lowest BCUT2D eigenvalue weighted by molar-refractivity contribution is 0.0925. The molecule has 3 amide bonds. The first-order valence-corrected chi connectivity index (χ1v) is 12.0. The SMILES string of the molecule is CCOC(=O)NC(=O)c1c(NC(=O)c2cccc(SCC)c2)sc2c1CCCCC2. The summed E-state index contributed by atoms with van der Waals surface area (Å²) in [6.07, 6.45) is 3.99. The first-order valence-electron chi connectivity index (χ1n) is 10.2. The van der Waals surface area contributed by atoms with Crippen molar-refractivity contribution in [2.45, 2.75) is 50.8 Å². The molecule has 0 bridgehead atoms. The average molecular weight is 447 g/mol. The molecule has 3 rings (SSSR count). The smallest absolute Gasteiger partial charge is 0.414 e. The van der Waals surface area contributed by atoms with Gasteiger partial charge in [-0.3, -0.25) is 14.9 Å². The number of amides is 3. The molecule has 0 unspecified atom stereocenters. The van der Waals surface area contributed by atoms with E-state index < -0.39 is 12.0 Å². The number of thioether (sulfide) groups is 1. The number of anilines is 1. The van der Waals surface area contributed by atoms with E-state index in [4.69, 9.17) is 4.74 Å². The molecule has 160 valence electrons. The maximum absolute atomic E-state index is 12.9. The minimum Gasteiger partial charge on any atom is -0.450 e. The molecule has 0 saturated heterocycles. The van der Waals surface area contributed by atoms with Gasteiger partial charge in [-0.05, 0) is 62.1 Å². The second-order valence-electron chi connectivity index (χ2n) is 6.86. The predicted molar refractivity (Wildman–Crippen MR) is 121 cm³/mol. The summed E-state index contributed by atoms with van der Waals surface area (Å²) >= 11 is 3.10. The molecule has 0 fully saturated rings. The molecule has 0 radical (unpaired) electrons. The average Bonchev–Trinajstić information content (AvgIpc) is 2.89. The van der Waals surface area contributed by atoms with Gasteiger partial charge in [-0.1, -0.05) is 19.4 Å². The Balaban J connectivity index is 1.89. The number of imide groups is 1. The standard InChI is InChI=1S/C22H26N2O4S2/c1-3-28-22(27)24-20(26)18-16-11-6-5-7-12-17(16)30-21(18)23-19(25)14-9-8-10-15(13-14)29-4-2/h8-10,13H,3-7,11-12H2,1-2H3,(H,23,25)(H,24,26,27). The summed E-state index contributed by atoms with van der Waals surface area (Å²) in [5.74, 6) is 0.120. The molecular weight excluding hydrogens is 420 g/mol. The van der Waals surface area contributed by atoms with E-state index in [1.165, 1.54) is 11.3 Å². The molecule has 1 aromatic heterocycles. The fourth-order valence-corrected chi connectivity index (χ4v) is 5.46. The molecule has 1 aliphatic carbocycles. The van der Waals surface area contributed by atoms with Crippen LogP contribution in [-0.2, 0) is 17.6 Å². The van der Waals surface area contributed by atoms with Gasteiger partial charge in [-0.2, -0.15) is 0 Å². The van der Waals surface area contributed by atoms with Crippen LogP contribution < -0.4 is 10.6 Å². The van der Waals surface area contributed by atoms with Crippen LogP contribution in [0, 0.1) is 0 Å². The molecule has 8 heteroatoms.